The number of nitrogens with one attached hydrogen (secondary N) is 1. The van der Waals surface area contributed by atoms with Crippen molar-refractivity contribution >= 4 is 11.6 Å². The largest absolute Gasteiger partial charge is 0.486 e. The van der Waals surface area contributed by atoms with Crippen molar-refractivity contribution in [2.75, 3.05) is 0 Å². The molecule has 0 aliphatic heterocycles. The Balaban J connectivity index is 1.54. The first-order valence-electron chi connectivity index (χ1n) is 7.33. The molecule has 0 radical (unpaired) electrons. The molecule has 0 spiro atoms. The van der Waals surface area contributed by atoms with Crippen LogP contribution in [0.4, 0.5) is 0 Å². The van der Waals surface area contributed by atoms with Gasteiger partial charge in [-0.25, -0.2) is 0 Å². The van der Waals surface area contributed by atoms with Crippen LogP contribution in [0.1, 0.15) is 36.8 Å². The molecule has 112 valence electrons. The lowest BCUT2D eigenvalue weighted by Crippen LogP contribution is -2.15. The molecule has 0 unspecified atom stereocenters. The summed E-state index contributed by atoms with van der Waals surface area (Å²) in [6.07, 6.45) is 3.42. The summed E-state index contributed by atoms with van der Waals surface area (Å²) < 4.78 is 11.0. The summed E-state index contributed by atoms with van der Waals surface area (Å²) in [5.41, 5.74) is 2.01. The second kappa shape index (κ2) is 6.50. The molecule has 1 aromatic carbocycles. The minimum atomic E-state index is 0.376. The van der Waals surface area contributed by atoms with E-state index in [1.165, 1.54) is 12.8 Å². The molecular weight excluding hydrogens is 288 g/mol. The van der Waals surface area contributed by atoms with Crippen molar-refractivity contribution in [1.29, 1.82) is 0 Å². The summed E-state index contributed by atoms with van der Waals surface area (Å²) in [5.74, 6) is 1.53. The SMILES string of the molecule is CCc1cc(OCc2cc(CNC3CC3)no2)ccc1Cl. The Hall–Kier alpha value is -1.52. The topological polar surface area (TPSA) is 47.3 Å². The molecule has 5 heteroatoms. The van der Waals surface area contributed by atoms with Gasteiger partial charge in [-0.05, 0) is 43.0 Å². The lowest BCUT2D eigenvalue weighted by Gasteiger charge is -2.06. The average molecular weight is 307 g/mol. The van der Waals surface area contributed by atoms with Gasteiger partial charge in [-0.2, -0.15) is 0 Å². The first-order chi connectivity index (χ1) is 10.2. The maximum Gasteiger partial charge on any atom is 0.174 e. The smallest absolute Gasteiger partial charge is 0.174 e. The summed E-state index contributed by atoms with van der Waals surface area (Å²) in [5, 5.41) is 8.22. The molecule has 1 fully saturated rings. The van der Waals surface area contributed by atoms with Crippen molar-refractivity contribution in [3.05, 3.63) is 46.3 Å². The highest BCUT2D eigenvalue weighted by Gasteiger charge is 2.20. The Morgan fingerprint density at radius 3 is 3.00 bits per heavy atom. The van der Waals surface area contributed by atoms with E-state index in [2.05, 4.69) is 17.4 Å². The van der Waals surface area contributed by atoms with Gasteiger partial charge in [0.25, 0.3) is 0 Å². The van der Waals surface area contributed by atoms with E-state index in [0.717, 1.165) is 40.8 Å². The predicted octanol–water partition coefficient (Wildman–Crippen LogP) is 3.72. The molecule has 0 amide bonds. The van der Waals surface area contributed by atoms with E-state index in [9.17, 15) is 0 Å². The van der Waals surface area contributed by atoms with Crippen molar-refractivity contribution in [1.82, 2.24) is 10.5 Å². The van der Waals surface area contributed by atoms with Gasteiger partial charge in [0.1, 0.15) is 12.4 Å². The molecule has 0 bridgehead atoms. The highest BCUT2D eigenvalue weighted by atomic mass is 35.5. The van der Waals surface area contributed by atoms with Crippen molar-refractivity contribution < 1.29 is 9.26 Å². The normalized spacial score (nSPS) is 14.4. The lowest BCUT2D eigenvalue weighted by atomic mass is 10.1. The third-order valence-electron chi connectivity index (χ3n) is 3.54. The maximum absolute atomic E-state index is 6.09. The van der Waals surface area contributed by atoms with Crippen LogP contribution in [-0.4, -0.2) is 11.2 Å². The zero-order chi connectivity index (χ0) is 14.7. The molecule has 0 saturated heterocycles. The van der Waals surface area contributed by atoms with Crippen molar-refractivity contribution in [2.24, 2.45) is 0 Å². The molecule has 4 nitrogen and oxygen atoms in total. The van der Waals surface area contributed by atoms with E-state index < -0.39 is 0 Å². The van der Waals surface area contributed by atoms with Gasteiger partial charge in [-0.1, -0.05) is 23.7 Å². The molecule has 21 heavy (non-hydrogen) atoms. The Kier molecular flexibility index (Phi) is 4.46. The summed E-state index contributed by atoms with van der Waals surface area (Å²) >= 11 is 6.09. The molecule has 2 aromatic rings. The Morgan fingerprint density at radius 2 is 2.24 bits per heavy atom. The van der Waals surface area contributed by atoms with Gasteiger partial charge in [0.05, 0.1) is 5.69 Å². The summed E-state index contributed by atoms with van der Waals surface area (Å²) in [6, 6.07) is 8.30. The average Bonchev–Trinajstić information content (AvgIpc) is 3.22. The van der Waals surface area contributed by atoms with Crippen LogP contribution in [0.3, 0.4) is 0 Å². The van der Waals surface area contributed by atoms with Crippen LogP contribution in [0, 0.1) is 0 Å². The molecule has 1 aliphatic carbocycles. The first-order valence-corrected chi connectivity index (χ1v) is 7.71. The molecule has 1 N–H and O–H groups in total. The fraction of sp³-hybridized carbons (Fsp3) is 0.438. The first kappa shape index (κ1) is 14.4. The second-order valence-corrected chi connectivity index (χ2v) is 5.74. The van der Waals surface area contributed by atoms with E-state index in [-0.39, 0.29) is 0 Å². The van der Waals surface area contributed by atoms with Gasteiger partial charge in [0.2, 0.25) is 0 Å². The Bertz CT molecular complexity index is 608. The Labute approximate surface area is 129 Å². The third kappa shape index (κ3) is 3.99. The predicted molar refractivity (Wildman–Crippen MR) is 81.5 cm³/mol. The molecular formula is C16H19ClN2O2. The van der Waals surface area contributed by atoms with Crippen molar-refractivity contribution in [3.63, 3.8) is 0 Å². The number of aromatic nitrogens is 1. The van der Waals surface area contributed by atoms with Crippen molar-refractivity contribution in [3.8, 4) is 5.75 Å². The van der Waals surface area contributed by atoms with Crippen LogP contribution in [0.25, 0.3) is 0 Å². The van der Waals surface area contributed by atoms with Gasteiger partial charge in [-0.15, -0.1) is 0 Å². The molecule has 1 aromatic heterocycles. The van der Waals surface area contributed by atoms with E-state index in [4.69, 9.17) is 20.9 Å². The van der Waals surface area contributed by atoms with Crippen molar-refractivity contribution in [2.45, 2.75) is 45.4 Å². The van der Waals surface area contributed by atoms with Crippen LogP contribution in [0.2, 0.25) is 5.02 Å². The van der Waals surface area contributed by atoms with E-state index in [1.54, 1.807) is 0 Å². The van der Waals surface area contributed by atoms with Gasteiger partial charge >= 0.3 is 0 Å². The lowest BCUT2D eigenvalue weighted by molar-refractivity contribution is 0.248. The number of hydrogen-bond acceptors (Lipinski definition) is 4. The maximum atomic E-state index is 6.09. The fourth-order valence-electron chi connectivity index (χ4n) is 2.11. The fourth-order valence-corrected chi connectivity index (χ4v) is 2.36. The summed E-state index contributed by atoms with van der Waals surface area (Å²) in [7, 11) is 0. The van der Waals surface area contributed by atoms with Crippen LogP contribution in [0.15, 0.2) is 28.8 Å². The van der Waals surface area contributed by atoms with Crippen LogP contribution in [-0.2, 0) is 19.6 Å². The minimum absolute atomic E-state index is 0.376. The van der Waals surface area contributed by atoms with Gasteiger partial charge in [-0.3, -0.25) is 0 Å². The monoisotopic (exact) mass is 306 g/mol. The highest BCUT2D eigenvalue weighted by Crippen LogP contribution is 2.23. The summed E-state index contributed by atoms with van der Waals surface area (Å²) in [4.78, 5) is 0. The number of nitrogens with zero attached hydrogens (tertiary/aromatic N) is 1. The standard InChI is InChI=1S/C16H19ClN2O2/c1-2-11-7-14(5-6-16(11)17)20-10-15-8-13(19-21-15)9-18-12-3-4-12/h5-8,12,18H,2-4,9-10H2,1H3. The third-order valence-corrected chi connectivity index (χ3v) is 3.90. The number of halogens is 1. The van der Waals surface area contributed by atoms with Gasteiger partial charge in [0.15, 0.2) is 5.76 Å². The zero-order valence-electron chi connectivity index (χ0n) is 12.1. The van der Waals surface area contributed by atoms with E-state index in [1.807, 2.05) is 24.3 Å². The number of hydrogen-bond donors (Lipinski definition) is 1. The number of ether oxygens (including phenoxy) is 1. The molecule has 0 atom stereocenters. The van der Waals surface area contributed by atoms with Gasteiger partial charge < -0.3 is 14.6 Å². The number of benzene rings is 1. The number of rotatable bonds is 7. The van der Waals surface area contributed by atoms with E-state index >= 15 is 0 Å². The van der Waals surface area contributed by atoms with Gasteiger partial charge in [0, 0.05) is 23.7 Å². The molecule has 1 saturated carbocycles. The minimum Gasteiger partial charge on any atom is -0.486 e. The zero-order valence-corrected chi connectivity index (χ0v) is 12.8. The number of aryl methyl sites for hydroxylation is 1. The van der Waals surface area contributed by atoms with E-state index in [0.29, 0.717) is 12.6 Å². The van der Waals surface area contributed by atoms with Crippen LogP contribution < -0.4 is 10.1 Å². The molecule has 1 heterocycles. The second-order valence-electron chi connectivity index (χ2n) is 5.34. The summed E-state index contributed by atoms with van der Waals surface area (Å²) in [6.45, 7) is 3.21. The van der Waals surface area contributed by atoms with Crippen LogP contribution in [0.5, 0.6) is 5.75 Å². The quantitative estimate of drug-likeness (QED) is 0.847. The highest BCUT2D eigenvalue weighted by molar-refractivity contribution is 6.31. The molecule has 3 rings (SSSR count). The van der Waals surface area contributed by atoms with Crippen LogP contribution >= 0.6 is 11.6 Å². The Morgan fingerprint density at radius 1 is 1.38 bits per heavy atom. The molecule has 1 aliphatic rings.